The number of aliphatic hydroxyl groups excluding tert-OH is 5. The third kappa shape index (κ3) is 6.44. The molecule has 9 unspecified atom stereocenters. The van der Waals surface area contributed by atoms with Crippen LogP contribution in [0.3, 0.4) is 0 Å². The van der Waals surface area contributed by atoms with Crippen molar-refractivity contribution in [1.82, 2.24) is 0 Å². The van der Waals surface area contributed by atoms with Gasteiger partial charge in [0, 0.05) is 11.1 Å². The highest BCUT2D eigenvalue weighted by molar-refractivity contribution is 5.25. The Kier molecular flexibility index (Phi) is 10.3. The molecule has 0 saturated carbocycles. The quantitative estimate of drug-likeness (QED) is 0.294. The van der Waals surface area contributed by atoms with Crippen molar-refractivity contribution in [3.8, 4) is 0 Å². The Balaban J connectivity index is 1.66. The molecule has 2 heterocycles. The second-order valence-corrected chi connectivity index (χ2v) is 10.0. The van der Waals surface area contributed by atoms with Gasteiger partial charge in [0.25, 0.3) is 0 Å². The zero-order chi connectivity index (χ0) is 27.2. The Morgan fingerprint density at radius 1 is 0.632 bits per heavy atom. The van der Waals surface area contributed by atoms with Gasteiger partial charge in [0.05, 0.1) is 13.2 Å². The SMILES string of the molecule is CCCc1ccc(C2OC(C(O)C(O)CO)C3OC(c4ccc(CCC)cc4)OC(C(O)CO)C3O2)cc1. The van der Waals surface area contributed by atoms with Crippen molar-refractivity contribution >= 4 is 0 Å². The molecule has 9 atom stereocenters. The maximum absolute atomic E-state index is 11.0. The summed E-state index contributed by atoms with van der Waals surface area (Å²) in [7, 11) is 0. The van der Waals surface area contributed by atoms with E-state index in [0.717, 1.165) is 36.8 Å². The second kappa shape index (κ2) is 13.4. The standard InChI is InChI=1S/C29H40O9/c1-3-5-17-7-11-19(12-8-17)28-35-24(22(33)16-31)26-27(38-28)25(23(34)21(32)15-30)36-29(37-26)20-13-9-18(6-4-2)10-14-20/h7-14,21-34H,3-6,15-16H2,1-2H3. The predicted octanol–water partition coefficient (Wildman–Crippen LogP) is 1.92. The molecule has 2 aromatic carbocycles. The first kappa shape index (κ1) is 29.1. The van der Waals surface area contributed by atoms with Gasteiger partial charge in [0.1, 0.15) is 42.7 Å². The average Bonchev–Trinajstić information content (AvgIpc) is 2.96. The van der Waals surface area contributed by atoms with Crippen LogP contribution >= 0.6 is 0 Å². The van der Waals surface area contributed by atoms with E-state index in [-0.39, 0.29) is 0 Å². The molecular weight excluding hydrogens is 492 g/mol. The Hall–Kier alpha value is -1.92. The molecule has 0 spiro atoms. The summed E-state index contributed by atoms with van der Waals surface area (Å²) in [5.74, 6) is 0. The smallest absolute Gasteiger partial charge is 0.184 e. The van der Waals surface area contributed by atoms with Gasteiger partial charge in [-0.25, -0.2) is 0 Å². The summed E-state index contributed by atoms with van der Waals surface area (Å²) in [6, 6.07) is 15.4. The van der Waals surface area contributed by atoms with Crippen LogP contribution in [0, 0.1) is 0 Å². The van der Waals surface area contributed by atoms with Crippen molar-refractivity contribution in [1.29, 1.82) is 0 Å². The molecule has 0 amide bonds. The number of hydrogen-bond donors (Lipinski definition) is 5. The minimum Gasteiger partial charge on any atom is -0.394 e. The topological polar surface area (TPSA) is 138 Å². The summed E-state index contributed by atoms with van der Waals surface area (Å²) in [4.78, 5) is 0. The van der Waals surface area contributed by atoms with E-state index in [1.165, 1.54) is 0 Å². The zero-order valence-electron chi connectivity index (χ0n) is 21.9. The molecule has 0 bridgehead atoms. The molecule has 2 aliphatic rings. The van der Waals surface area contributed by atoms with Crippen LogP contribution in [0.2, 0.25) is 0 Å². The molecule has 0 aliphatic carbocycles. The van der Waals surface area contributed by atoms with Gasteiger partial charge in [0.15, 0.2) is 12.6 Å². The van der Waals surface area contributed by atoms with Gasteiger partial charge in [-0.1, -0.05) is 75.2 Å². The predicted molar refractivity (Wildman–Crippen MR) is 138 cm³/mol. The van der Waals surface area contributed by atoms with Gasteiger partial charge in [-0.05, 0) is 24.0 Å². The molecule has 2 fully saturated rings. The van der Waals surface area contributed by atoms with E-state index in [1.807, 2.05) is 48.5 Å². The van der Waals surface area contributed by atoms with E-state index in [1.54, 1.807) is 0 Å². The normalized spacial score (nSPS) is 29.9. The van der Waals surface area contributed by atoms with Crippen LogP contribution in [0.1, 0.15) is 61.5 Å². The van der Waals surface area contributed by atoms with Crippen molar-refractivity contribution in [2.45, 2.75) is 94.8 Å². The maximum Gasteiger partial charge on any atom is 0.184 e. The molecule has 0 radical (unpaired) electrons. The number of aliphatic hydroxyl groups is 5. The molecule has 5 N–H and O–H groups in total. The molecule has 210 valence electrons. The largest absolute Gasteiger partial charge is 0.394 e. The number of ether oxygens (including phenoxy) is 4. The summed E-state index contributed by atoms with van der Waals surface area (Å²) in [5, 5.41) is 51.4. The van der Waals surface area contributed by atoms with E-state index < -0.39 is 68.5 Å². The molecule has 2 aromatic rings. The molecular formula is C29H40O9. The monoisotopic (exact) mass is 532 g/mol. The van der Waals surface area contributed by atoms with Gasteiger partial charge in [0.2, 0.25) is 0 Å². The number of rotatable bonds is 11. The molecule has 0 aromatic heterocycles. The maximum atomic E-state index is 11.0. The third-order valence-electron chi connectivity index (χ3n) is 7.16. The first-order valence-corrected chi connectivity index (χ1v) is 13.5. The molecule has 38 heavy (non-hydrogen) atoms. The molecule has 2 aliphatic heterocycles. The van der Waals surface area contributed by atoms with Crippen LogP contribution in [0.5, 0.6) is 0 Å². The van der Waals surface area contributed by atoms with E-state index >= 15 is 0 Å². The second-order valence-electron chi connectivity index (χ2n) is 10.0. The van der Waals surface area contributed by atoms with Gasteiger partial charge in [-0.15, -0.1) is 0 Å². The Labute approximate surface area is 223 Å². The fraction of sp³-hybridized carbons (Fsp3) is 0.586. The number of fused-ring (bicyclic) bond motifs is 1. The highest BCUT2D eigenvalue weighted by atomic mass is 16.8. The van der Waals surface area contributed by atoms with Gasteiger partial charge >= 0.3 is 0 Å². The van der Waals surface area contributed by atoms with Crippen molar-refractivity contribution in [2.75, 3.05) is 13.2 Å². The fourth-order valence-corrected chi connectivity index (χ4v) is 5.06. The Bertz CT molecular complexity index is 975. The van der Waals surface area contributed by atoms with Crippen LogP contribution in [-0.2, 0) is 31.8 Å². The highest BCUT2D eigenvalue weighted by Gasteiger charge is 2.54. The highest BCUT2D eigenvalue weighted by Crippen LogP contribution is 2.42. The summed E-state index contributed by atoms with van der Waals surface area (Å²) in [5.41, 5.74) is 3.67. The molecule has 9 nitrogen and oxygen atoms in total. The summed E-state index contributed by atoms with van der Waals surface area (Å²) in [6.07, 6.45) is -6.46. The minimum atomic E-state index is -1.52. The van der Waals surface area contributed by atoms with Gasteiger partial charge in [-0.2, -0.15) is 0 Å². The van der Waals surface area contributed by atoms with Crippen LogP contribution < -0.4 is 0 Å². The van der Waals surface area contributed by atoms with E-state index in [4.69, 9.17) is 18.9 Å². The van der Waals surface area contributed by atoms with Crippen LogP contribution in [0.25, 0.3) is 0 Å². The number of benzene rings is 2. The van der Waals surface area contributed by atoms with Crippen molar-refractivity contribution in [3.63, 3.8) is 0 Å². The zero-order valence-corrected chi connectivity index (χ0v) is 21.9. The molecule has 9 heteroatoms. The average molecular weight is 533 g/mol. The van der Waals surface area contributed by atoms with Crippen molar-refractivity contribution in [3.05, 3.63) is 70.8 Å². The molecule has 4 rings (SSSR count). The molecule has 2 saturated heterocycles. The first-order valence-electron chi connectivity index (χ1n) is 13.5. The third-order valence-corrected chi connectivity index (χ3v) is 7.16. The Morgan fingerprint density at radius 3 is 1.50 bits per heavy atom. The summed E-state index contributed by atoms with van der Waals surface area (Å²) in [6.45, 7) is 2.94. The van der Waals surface area contributed by atoms with Crippen molar-refractivity contribution in [2.24, 2.45) is 0 Å². The lowest BCUT2D eigenvalue weighted by atomic mass is 9.91. The van der Waals surface area contributed by atoms with Gasteiger partial charge in [-0.3, -0.25) is 0 Å². The minimum absolute atomic E-state index is 0.580. The van der Waals surface area contributed by atoms with Crippen LogP contribution in [-0.4, -0.2) is 81.5 Å². The fourth-order valence-electron chi connectivity index (χ4n) is 5.06. The lowest BCUT2D eigenvalue weighted by Crippen LogP contribution is -2.65. The number of hydrogen-bond acceptors (Lipinski definition) is 9. The summed E-state index contributed by atoms with van der Waals surface area (Å²) < 4.78 is 24.8. The summed E-state index contributed by atoms with van der Waals surface area (Å²) >= 11 is 0. The lowest BCUT2D eigenvalue weighted by molar-refractivity contribution is -0.400. The Morgan fingerprint density at radius 2 is 1.08 bits per heavy atom. The lowest BCUT2D eigenvalue weighted by Gasteiger charge is -2.51. The number of aryl methyl sites for hydroxylation is 2. The van der Waals surface area contributed by atoms with Gasteiger partial charge < -0.3 is 44.5 Å². The van der Waals surface area contributed by atoms with Crippen LogP contribution in [0.4, 0.5) is 0 Å². The van der Waals surface area contributed by atoms with E-state index in [0.29, 0.717) is 11.1 Å². The van der Waals surface area contributed by atoms with E-state index in [9.17, 15) is 25.5 Å². The first-order chi connectivity index (χ1) is 18.4. The van der Waals surface area contributed by atoms with Crippen LogP contribution in [0.15, 0.2) is 48.5 Å². The van der Waals surface area contributed by atoms with E-state index in [2.05, 4.69) is 13.8 Å². The van der Waals surface area contributed by atoms with Crippen molar-refractivity contribution < 1.29 is 44.5 Å².